The predicted molar refractivity (Wildman–Crippen MR) is 103 cm³/mol. The minimum Gasteiger partial charge on any atom is -0.497 e. The number of aromatic nitrogens is 1. The quantitative estimate of drug-likeness (QED) is 0.772. The maximum Gasteiger partial charge on any atom is 0.255 e. The molecule has 2 amide bonds. The van der Waals surface area contributed by atoms with E-state index in [0.717, 1.165) is 0 Å². The molecule has 0 atom stereocenters. The van der Waals surface area contributed by atoms with Crippen molar-refractivity contribution in [3.05, 3.63) is 48.2 Å². The summed E-state index contributed by atoms with van der Waals surface area (Å²) in [5.41, 5.74) is 1.02. The molecule has 27 heavy (non-hydrogen) atoms. The molecule has 0 aliphatic rings. The van der Waals surface area contributed by atoms with Crippen LogP contribution in [0.4, 0.5) is 5.69 Å². The third-order valence-corrected chi connectivity index (χ3v) is 3.70. The van der Waals surface area contributed by atoms with E-state index in [1.165, 1.54) is 11.1 Å². The van der Waals surface area contributed by atoms with Crippen molar-refractivity contribution in [2.45, 2.75) is 26.9 Å². The van der Waals surface area contributed by atoms with Gasteiger partial charge in [-0.1, -0.05) is 6.07 Å². The number of likely N-dealkylation sites (N-methyl/N-ethyl adjacent to an activating group) is 1. The van der Waals surface area contributed by atoms with Gasteiger partial charge in [0.2, 0.25) is 11.8 Å². The maximum atomic E-state index is 12.6. The van der Waals surface area contributed by atoms with Gasteiger partial charge < -0.3 is 19.7 Å². The third kappa shape index (κ3) is 5.99. The lowest BCUT2D eigenvalue weighted by Crippen LogP contribution is -2.37. The van der Waals surface area contributed by atoms with Gasteiger partial charge in [0.1, 0.15) is 12.3 Å². The highest BCUT2D eigenvalue weighted by Gasteiger charge is 2.18. The predicted octanol–water partition coefficient (Wildman–Crippen LogP) is 2.98. The molecule has 1 aromatic heterocycles. The van der Waals surface area contributed by atoms with Gasteiger partial charge in [0.05, 0.1) is 18.8 Å². The molecule has 0 fully saturated rings. The molecule has 0 radical (unpaired) electrons. The molecule has 0 saturated heterocycles. The molecule has 1 heterocycles. The molecule has 1 aromatic carbocycles. The lowest BCUT2D eigenvalue weighted by Gasteiger charge is -2.20. The van der Waals surface area contributed by atoms with Crippen LogP contribution in [0.25, 0.3) is 0 Å². The second-order valence-electron chi connectivity index (χ2n) is 6.15. The minimum atomic E-state index is -0.286. The molecule has 0 aliphatic heterocycles. The second kappa shape index (κ2) is 9.56. The van der Waals surface area contributed by atoms with Gasteiger partial charge in [-0.2, -0.15) is 0 Å². The van der Waals surface area contributed by atoms with Crippen LogP contribution >= 0.6 is 0 Å². The monoisotopic (exact) mass is 371 g/mol. The average molecular weight is 371 g/mol. The van der Waals surface area contributed by atoms with Gasteiger partial charge in [0.15, 0.2) is 0 Å². The number of methoxy groups -OCH3 is 1. The Morgan fingerprint density at radius 1 is 1.22 bits per heavy atom. The van der Waals surface area contributed by atoms with Crippen molar-refractivity contribution in [2.75, 3.05) is 25.5 Å². The number of amides is 2. The number of carbonyl (C=O) groups is 2. The van der Waals surface area contributed by atoms with E-state index >= 15 is 0 Å². The van der Waals surface area contributed by atoms with Gasteiger partial charge >= 0.3 is 0 Å². The molecule has 0 aliphatic carbocycles. The lowest BCUT2D eigenvalue weighted by molar-refractivity contribution is -0.116. The van der Waals surface area contributed by atoms with E-state index in [9.17, 15) is 9.59 Å². The first-order valence-corrected chi connectivity index (χ1v) is 8.78. The van der Waals surface area contributed by atoms with Crippen molar-refractivity contribution in [1.29, 1.82) is 0 Å². The second-order valence-corrected chi connectivity index (χ2v) is 6.15. The molecule has 7 heteroatoms. The van der Waals surface area contributed by atoms with Crippen LogP contribution in [0.15, 0.2) is 42.6 Å². The molecule has 0 unspecified atom stereocenters. The van der Waals surface area contributed by atoms with Crippen molar-refractivity contribution in [3.8, 4) is 11.6 Å². The largest absolute Gasteiger partial charge is 0.497 e. The number of nitrogens with zero attached hydrogens (tertiary/aromatic N) is 2. The Hall–Kier alpha value is -3.09. The molecule has 0 bridgehead atoms. The van der Waals surface area contributed by atoms with E-state index in [4.69, 9.17) is 9.47 Å². The summed E-state index contributed by atoms with van der Waals surface area (Å²) < 4.78 is 10.6. The Labute approximate surface area is 159 Å². The highest BCUT2D eigenvalue weighted by atomic mass is 16.5. The van der Waals surface area contributed by atoms with Crippen LogP contribution in [0.2, 0.25) is 0 Å². The molecular weight excluding hydrogens is 346 g/mol. The van der Waals surface area contributed by atoms with E-state index in [0.29, 0.717) is 29.4 Å². The summed E-state index contributed by atoms with van der Waals surface area (Å²) in [6, 6.07) is 10.3. The molecule has 144 valence electrons. The molecular formula is C20H25N3O4. The number of rotatable bonds is 8. The van der Waals surface area contributed by atoms with Gasteiger partial charge in [-0.3, -0.25) is 9.59 Å². The summed E-state index contributed by atoms with van der Waals surface area (Å²) in [6.07, 6.45) is 1.47. The Morgan fingerprint density at radius 3 is 2.59 bits per heavy atom. The molecule has 2 rings (SSSR count). The van der Waals surface area contributed by atoms with Crippen LogP contribution in [-0.2, 0) is 4.79 Å². The summed E-state index contributed by atoms with van der Waals surface area (Å²) >= 11 is 0. The Bertz CT molecular complexity index is 775. The van der Waals surface area contributed by atoms with Crippen LogP contribution in [0.3, 0.4) is 0 Å². The SMILES string of the molecule is CCN(CC(=O)Nc1cccc(OC)c1)C(=O)c1ccc(OC(C)C)nc1. The zero-order chi connectivity index (χ0) is 19.8. The Kier molecular flexibility index (Phi) is 7.16. The summed E-state index contributed by atoms with van der Waals surface area (Å²) in [4.78, 5) is 30.5. The number of nitrogens with one attached hydrogen (secondary N) is 1. The number of ether oxygens (including phenoxy) is 2. The molecule has 1 N–H and O–H groups in total. The summed E-state index contributed by atoms with van der Waals surface area (Å²) in [6.45, 7) is 5.97. The van der Waals surface area contributed by atoms with Crippen molar-refractivity contribution in [1.82, 2.24) is 9.88 Å². The van der Waals surface area contributed by atoms with E-state index in [1.54, 1.807) is 43.5 Å². The van der Waals surface area contributed by atoms with Crippen LogP contribution in [0.1, 0.15) is 31.1 Å². The fraction of sp³-hybridized carbons (Fsp3) is 0.350. The highest BCUT2D eigenvalue weighted by molar-refractivity contribution is 5.99. The van der Waals surface area contributed by atoms with Crippen molar-refractivity contribution < 1.29 is 19.1 Å². The standard InChI is InChI=1S/C20H25N3O4/c1-5-23(13-18(24)22-16-7-6-8-17(11-16)26-4)20(25)15-9-10-19(21-12-15)27-14(2)3/h6-12,14H,5,13H2,1-4H3,(H,22,24). The normalized spacial score (nSPS) is 10.4. The van der Waals surface area contributed by atoms with E-state index in [2.05, 4.69) is 10.3 Å². The maximum absolute atomic E-state index is 12.6. The van der Waals surface area contributed by atoms with Crippen LogP contribution in [0.5, 0.6) is 11.6 Å². The minimum absolute atomic E-state index is 0.00602. The van der Waals surface area contributed by atoms with Crippen LogP contribution in [0, 0.1) is 0 Å². The van der Waals surface area contributed by atoms with E-state index < -0.39 is 0 Å². The number of benzene rings is 1. The average Bonchev–Trinajstić information content (AvgIpc) is 2.66. The molecule has 0 spiro atoms. The van der Waals surface area contributed by atoms with Crippen molar-refractivity contribution in [3.63, 3.8) is 0 Å². The third-order valence-electron chi connectivity index (χ3n) is 3.70. The van der Waals surface area contributed by atoms with Crippen LogP contribution in [-0.4, -0.2) is 48.0 Å². The zero-order valence-electron chi connectivity index (χ0n) is 16.1. The molecule has 7 nitrogen and oxygen atoms in total. The van der Waals surface area contributed by atoms with Gasteiger partial charge in [0.25, 0.3) is 5.91 Å². The van der Waals surface area contributed by atoms with E-state index in [1.807, 2.05) is 20.8 Å². The van der Waals surface area contributed by atoms with Crippen LogP contribution < -0.4 is 14.8 Å². The summed E-state index contributed by atoms with van der Waals surface area (Å²) in [5, 5.41) is 2.77. The smallest absolute Gasteiger partial charge is 0.255 e. The lowest BCUT2D eigenvalue weighted by atomic mass is 10.2. The number of anilines is 1. The zero-order valence-corrected chi connectivity index (χ0v) is 16.1. The number of carbonyl (C=O) groups excluding carboxylic acids is 2. The topological polar surface area (TPSA) is 80.8 Å². The van der Waals surface area contributed by atoms with Gasteiger partial charge in [-0.15, -0.1) is 0 Å². The van der Waals surface area contributed by atoms with Gasteiger partial charge in [0, 0.05) is 30.6 Å². The first-order valence-electron chi connectivity index (χ1n) is 8.78. The fourth-order valence-electron chi connectivity index (χ4n) is 2.40. The summed E-state index contributed by atoms with van der Waals surface area (Å²) in [7, 11) is 1.56. The number of hydrogen-bond donors (Lipinski definition) is 1. The Morgan fingerprint density at radius 2 is 2.00 bits per heavy atom. The number of pyridine rings is 1. The highest BCUT2D eigenvalue weighted by Crippen LogP contribution is 2.17. The molecule has 0 saturated carbocycles. The first-order chi connectivity index (χ1) is 12.9. The van der Waals surface area contributed by atoms with Crippen molar-refractivity contribution in [2.24, 2.45) is 0 Å². The Balaban J connectivity index is 2.00. The number of hydrogen-bond acceptors (Lipinski definition) is 5. The van der Waals surface area contributed by atoms with Gasteiger partial charge in [-0.25, -0.2) is 4.98 Å². The first kappa shape index (κ1) is 20.2. The van der Waals surface area contributed by atoms with Crippen molar-refractivity contribution >= 4 is 17.5 Å². The van der Waals surface area contributed by atoms with E-state index in [-0.39, 0.29) is 24.5 Å². The fourth-order valence-corrected chi connectivity index (χ4v) is 2.40. The summed E-state index contributed by atoms with van der Waals surface area (Å²) in [5.74, 6) is 0.555. The molecule has 2 aromatic rings. The van der Waals surface area contributed by atoms with Gasteiger partial charge in [-0.05, 0) is 39.0 Å².